The van der Waals surface area contributed by atoms with Crippen LogP contribution in [0.25, 0.3) is 0 Å². The molecule has 0 bridgehead atoms. The van der Waals surface area contributed by atoms with Gasteiger partial charge in [-0.05, 0) is 49.4 Å². The summed E-state index contributed by atoms with van der Waals surface area (Å²) in [7, 11) is 1.81. The van der Waals surface area contributed by atoms with Crippen molar-refractivity contribution in [2.45, 2.75) is 38.6 Å². The first-order chi connectivity index (χ1) is 9.05. The fourth-order valence-electron chi connectivity index (χ4n) is 3.74. The predicted octanol–water partition coefficient (Wildman–Crippen LogP) is 2.21. The van der Waals surface area contributed by atoms with Crippen LogP contribution in [0.4, 0.5) is 0 Å². The Bertz CT molecular complexity index is 290. The largest absolute Gasteiger partial charge is 0.384 e. The SMILES string of the molecule is COCC1CCN(C2(CN)CSCCC2(C)C)CC1. The molecule has 0 aliphatic carbocycles. The summed E-state index contributed by atoms with van der Waals surface area (Å²) in [6, 6.07) is 0. The van der Waals surface area contributed by atoms with Crippen LogP contribution in [-0.2, 0) is 4.74 Å². The molecule has 2 fully saturated rings. The Morgan fingerprint density at radius 2 is 2.00 bits per heavy atom. The van der Waals surface area contributed by atoms with Crippen LogP contribution in [0.5, 0.6) is 0 Å². The maximum atomic E-state index is 6.26. The highest BCUT2D eigenvalue weighted by atomic mass is 32.2. The summed E-state index contributed by atoms with van der Waals surface area (Å²) in [6.45, 7) is 8.93. The van der Waals surface area contributed by atoms with E-state index in [-0.39, 0.29) is 5.54 Å². The molecular formula is C15H30N2OS. The molecule has 2 aliphatic rings. The van der Waals surface area contributed by atoms with Crippen LogP contribution in [0.1, 0.15) is 33.1 Å². The lowest BCUT2D eigenvalue weighted by molar-refractivity contribution is -0.0267. The highest BCUT2D eigenvalue weighted by molar-refractivity contribution is 7.99. The van der Waals surface area contributed by atoms with Gasteiger partial charge in [0.05, 0.1) is 0 Å². The van der Waals surface area contributed by atoms with Crippen molar-refractivity contribution in [3.05, 3.63) is 0 Å². The Hall–Kier alpha value is 0.230. The van der Waals surface area contributed by atoms with Crippen molar-refractivity contribution in [2.24, 2.45) is 17.1 Å². The molecule has 0 aromatic rings. The molecule has 0 saturated carbocycles. The summed E-state index contributed by atoms with van der Waals surface area (Å²) >= 11 is 2.09. The molecule has 0 aromatic heterocycles. The monoisotopic (exact) mass is 286 g/mol. The lowest BCUT2D eigenvalue weighted by Gasteiger charge is -2.57. The molecule has 0 spiro atoms. The third-order valence-corrected chi connectivity index (χ3v) is 6.61. The van der Waals surface area contributed by atoms with E-state index in [1.165, 1.54) is 43.9 Å². The molecule has 0 amide bonds. The Morgan fingerprint density at radius 3 is 2.53 bits per heavy atom. The summed E-state index contributed by atoms with van der Waals surface area (Å²) in [5, 5.41) is 0. The van der Waals surface area contributed by atoms with Gasteiger partial charge in [0.15, 0.2) is 0 Å². The molecule has 2 N–H and O–H groups in total. The molecule has 112 valence electrons. The fraction of sp³-hybridized carbons (Fsp3) is 1.00. The van der Waals surface area contributed by atoms with E-state index >= 15 is 0 Å². The lowest BCUT2D eigenvalue weighted by atomic mass is 9.69. The smallest absolute Gasteiger partial charge is 0.0491 e. The molecule has 0 radical (unpaired) electrons. The lowest BCUT2D eigenvalue weighted by Crippen LogP contribution is -2.67. The van der Waals surface area contributed by atoms with Crippen LogP contribution < -0.4 is 5.73 Å². The second-order valence-electron chi connectivity index (χ2n) is 6.81. The zero-order chi connectivity index (χ0) is 13.9. The quantitative estimate of drug-likeness (QED) is 0.860. The van der Waals surface area contributed by atoms with Crippen molar-refractivity contribution in [3.8, 4) is 0 Å². The van der Waals surface area contributed by atoms with E-state index in [1.807, 2.05) is 7.11 Å². The number of methoxy groups -OCH3 is 1. The third-order valence-electron chi connectivity index (χ3n) is 5.43. The molecule has 1 atom stereocenters. The molecule has 19 heavy (non-hydrogen) atoms. The van der Waals surface area contributed by atoms with Crippen LogP contribution in [0.15, 0.2) is 0 Å². The first-order valence-electron chi connectivity index (χ1n) is 7.57. The van der Waals surface area contributed by atoms with Gasteiger partial charge in [0, 0.05) is 31.6 Å². The number of ether oxygens (including phenoxy) is 1. The van der Waals surface area contributed by atoms with Crippen molar-refractivity contribution in [1.29, 1.82) is 0 Å². The number of piperidine rings is 1. The fourth-order valence-corrected chi connectivity index (χ4v) is 5.57. The Labute approximate surface area is 122 Å². The maximum absolute atomic E-state index is 6.26. The molecule has 1 unspecified atom stereocenters. The topological polar surface area (TPSA) is 38.5 Å². The number of rotatable bonds is 4. The number of nitrogens with zero attached hydrogens (tertiary/aromatic N) is 1. The third kappa shape index (κ3) is 2.97. The number of likely N-dealkylation sites (tertiary alicyclic amines) is 1. The minimum atomic E-state index is 0.202. The zero-order valence-corrected chi connectivity index (χ0v) is 13.6. The highest BCUT2D eigenvalue weighted by Crippen LogP contribution is 2.46. The Kier molecular flexibility index (Phi) is 5.21. The van der Waals surface area contributed by atoms with Gasteiger partial charge in [-0.1, -0.05) is 13.8 Å². The normalized spacial score (nSPS) is 33.5. The van der Waals surface area contributed by atoms with Crippen LogP contribution in [-0.4, -0.2) is 55.3 Å². The average Bonchev–Trinajstić information content (AvgIpc) is 2.40. The van der Waals surface area contributed by atoms with Crippen molar-refractivity contribution in [3.63, 3.8) is 0 Å². The molecule has 2 aliphatic heterocycles. The van der Waals surface area contributed by atoms with E-state index < -0.39 is 0 Å². The van der Waals surface area contributed by atoms with Crippen molar-refractivity contribution >= 4 is 11.8 Å². The van der Waals surface area contributed by atoms with E-state index in [9.17, 15) is 0 Å². The summed E-state index contributed by atoms with van der Waals surface area (Å²) in [4.78, 5) is 2.70. The Morgan fingerprint density at radius 1 is 1.32 bits per heavy atom. The maximum Gasteiger partial charge on any atom is 0.0491 e. The molecule has 0 aromatic carbocycles. The van der Waals surface area contributed by atoms with E-state index in [4.69, 9.17) is 10.5 Å². The van der Waals surface area contributed by atoms with Crippen molar-refractivity contribution in [1.82, 2.24) is 4.90 Å². The summed E-state index contributed by atoms with van der Waals surface area (Å²) in [6.07, 6.45) is 3.81. The number of thioether (sulfide) groups is 1. The summed E-state index contributed by atoms with van der Waals surface area (Å²) < 4.78 is 5.31. The van der Waals surface area contributed by atoms with Gasteiger partial charge < -0.3 is 10.5 Å². The number of hydrogen-bond acceptors (Lipinski definition) is 4. The molecular weight excluding hydrogens is 256 g/mol. The van der Waals surface area contributed by atoms with Gasteiger partial charge in [-0.3, -0.25) is 4.90 Å². The minimum absolute atomic E-state index is 0.202. The molecule has 2 rings (SSSR count). The molecule has 2 saturated heterocycles. The van der Waals surface area contributed by atoms with Crippen molar-refractivity contribution < 1.29 is 4.74 Å². The van der Waals surface area contributed by atoms with Crippen LogP contribution in [0, 0.1) is 11.3 Å². The van der Waals surface area contributed by atoms with Gasteiger partial charge >= 0.3 is 0 Å². The van der Waals surface area contributed by atoms with E-state index in [0.717, 1.165) is 19.1 Å². The molecule has 4 heteroatoms. The van der Waals surface area contributed by atoms with Crippen LogP contribution >= 0.6 is 11.8 Å². The van der Waals surface area contributed by atoms with Crippen molar-refractivity contribution in [2.75, 3.05) is 44.9 Å². The second kappa shape index (κ2) is 6.33. The van der Waals surface area contributed by atoms with Gasteiger partial charge in [0.25, 0.3) is 0 Å². The van der Waals surface area contributed by atoms with E-state index in [1.54, 1.807) is 0 Å². The first-order valence-corrected chi connectivity index (χ1v) is 8.73. The van der Waals surface area contributed by atoms with Crippen LogP contribution in [0.2, 0.25) is 0 Å². The predicted molar refractivity (Wildman–Crippen MR) is 83.7 cm³/mol. The average molecular weight is 286 g/mol. The first kappa shape index (κ1) is 15.6. The zero-order valence-electron chi connectivity index (χ0n) is 12.8. The van der Waals surface area contributed by atoms with Gasteiger partial charge in [-0.2, -0.15) is 11.8 Å². The molecule has 2 heterocycles. The number of hydrogen-bond donors (Lipinski definition) is 1. The minimum Gasteiger partial charge on any atom is -0.384 e. The molecule has 3 nitrogen and oxygen atoms in total. The van der Waals surface area contributed by atoms with Gasteiger partial charge in [0.2, 0.25) is 0 Å². The van der Waals surface area contributed by atoms with E-state index in [2.05, 4.69) is 30.5 Å². The van der Waals surface area contributed by atoms with E-state index in [0.29, 0.717) is 5.41 Å². The summed E-state index contributed by atoms with van der Waals surface area (Å²) in [5.41, 5.74) is 6.80. The van der Waals surface area contributed by atoms with Gasteiger partial charge in [-0.25, -0.2) is 0 Å². The highest BCUT2D eigenvalue weighted by Gasteiger charge is 2.50. The number of nitrogens with two attached hydrogens (primary N) is 1. The second-order valence-corrected chi connectivity index (χ2v) is 7.91. The van der Waals surface area contributed by atoms with Gasteiger partial charge in [0.1, 0.15) is 0 Å². The Balaban J connectivity index is 2.06. The van der Waals surface area contributed by atoms with Crippen LogP contribution in [0.3, 0.4) is 0 Å². The summed E-state index contributed by atoms with van der Waals surface area (Å²) in [5.74, 6) is 3.23. The standard InChI is InChI=1S/C15H30N2OS/c1-14(2)6-9-19-12-15(14,11-16)17-7-4-13(5-8-17)10-18-3/h13H,4-12,16H2,1-3H3. The van der Waals surface area contributed by atoms with Gasteiger partial charge in [-0.15, -0.1) is 0 Å².